The van der Waals surface area contributed by atoms with E-state index in [2.05, 4.69) is 15.1 Å². The predicted octanol–water partition coefficient (Wildman–Crippen LogP) is -0.482. The maximum atomic E-state index is 11.0. The van der Waals surface area contributed by atoms with Crippen LogP contribution < -0.4 is 16.4 Å². The van der Waals surface area contributed by atoms with E-state index in [1.807, 2.05) is 13.8 Å². The molecule has 0 bridgehead atoms. The van der Waals surface area contributed by atoms with Crippen molar-refractivity contribution < 1.29 is 9.53 Å². The lowest BCUT2D eigenvalue weighted by Crippen LogP contribution is -2.55. The Balaban J connectivity index is 2.18. The number of rotatable bonds is 3. The number of nitrogens with two attached hydrogens (primary N) is 2. The monoisotopic (exact) mass is 265 g/mol. The number of carbonyl (C=O) groups excluding carboxylic acids is 1. The molecule has 4 N–H and O–H groups in total. The summed E-state index contributed by atoms with van der Waals surface area (Å²) in [6.45, 7) is 5.81. The van der Waals surface area contributed by atoms with Gasteiger partial charge in [0.15, 0.2) is 11.5 Å². The summed E-state index contributed by atoms with van der Waals surface area (Å²) in [7, 11) is 0. The molecule has 1 aliphatic heterocycles. The number of hydrogen-bond donors (Lipinski definition) is 2. The lowest BCUT2D eigenvalue weighted by atomic mass is 10.1. The van der Waals surface area contributed by atoms with Gasteiger partial charge in [-0.2, -0.15) is 0 Å². The second kappa shape index (κ2) is 5.10. The van der Waals surface area contributed by atoms with E-state index in [1.54, 1.807) is 12.1 Å². The van der Waals surface area contributed by atoms with Gasteiger partial charge < -0.3 is 21.1 Å². The Labute approximate surface area is 111 Å². The van der Waals surface area contributed by atoms with Crippen LogP contribution in [-0.2, 0) is 4.74 Å². The maximum absolute atomic E-state index is 11.0. The number of carbonyl (C=O) groups is 1. The molecule has 0 aliphatic carbocycles. The average molecular weight is 265 g/mol. The number of morpholine rings is 1. The topological polar surface area (TPSA) is 107 Å². The van der Waals surface area contributed by atoms with Crippen molar-refractivity contribution in [3.05, 3.63) is 17.8 Å². The number of nitrogens with zero attached hydrogens (tertiary/aromatic N) is 3. The number of primary amides is 1. The zero-order chi connectivity index (χ0) is 14.0. The Morgan fingerprint density at radius 3 is 2.79 bits per heavy atom. The molecule has 2 rings (SSSR count). The first-order valence-corrected chi connectivity index (χ1v) is 6.17. The minimum atomic E-state index is -0.582. The molecular formula is C12H19N5O2. The number of hydrogen-bond acceptors (Lipinski definition) is 6. The SMILES string of the molecule is CC1(C)CN(c2ccc(C(N)=O)nn2)CC(CN)O1. The van der Waals surface area contributed by atoms with E-state index in [4.69, 9.17) is 16.2 Å². The van der Waals surface area contributed by atoms with Crippen LogP contribution in [0.25, 0.3) is 0 Å². The Morgan fingerprint density at radius 2 is 2.26 bits per heavy atom. The van der Waals surface area contributed by atoms with Crippen molar-refractivity contribution >= 4 is 11.7 Å². The van der Waals surface area contributed by atoms with Gasteiger partial charge in [-0.15, -0.1) is 10.2 Å². The molecule has 1 unspecified atom stereocenters. The molecule has 1 amide bonds. The van der Waals surface area contributed by atoms with E-state index >= 15 is 0 Å². The van der Waals surface area contributed by atoms with Gasteiger partial charge in [0, 0.05) is 19.6 Å². The molecule has 7 nitrogen and oxygen atoms in total. The van der Waals surface area contributed by atoms with Gasteiger partial charge >= 0.3 is 0 Å². The van der Waals surface area contributed by atoms with E-state index in [-0.39, 0.29) is 17.4 Å². The van der Waals surface area contributed by atoms with E-state index in [0.29, 0.717) is 25.5 Å². The largest absolute Gasteiger partial charge is 0.367 e. The highest BCUT2D eigenvalue weighted by Crippen LogP contribution is 2.24. The third-order valence-corrected chi connectivity index (χ3v) is 2.97. The first-order valence-electron chi connectivity index (χ1n) is 6.17. The molecule has 0 aromatic carbocycles. The van der Waals surface area contributed by atoms with Gasteiger partial charge in [-0.3, -0.25) is 4.79 Å². The molecule has 0 spiro atoms. The van der Waals surface area contributed by atoms with Crippen LogP contribution >= 0.6 is 0 Å². The molecule has 1 fully saturated rings. The van der Waals surface area contributed by atoms with Crippen molar-refractivity contribution in [2.24, 2.45) is 11.5 Å². The summed E-state index contributed by atoms with van der Waals surface area (Å²) >= 11 is 0. The van der Waals surface area contributed by atoms with Gasteiger partial charge in [0.1, 0.15) is 0 Å². The number of ether oxygens (including phenoxy) is 1. The van der Waals surface area contributed by atoms with E-state index in [0.717, 1.165) is 0 Å². The normalized spacial score (nSPS) is 22.3. The van der Waals surface area contributed by atoms with Gasteiger partial charge in [0.05, 0.1) is 11.7 Å². The van der Waals surface area contributed by atoms with Crippen LogP contribution in [0.5, 0.6) is 0 Å². The van der Waals surface area contributed by atoms with Crippen molar-refractivity contribution in [1.29, 1.82) is 0 Å². The van der Waals surface area contributed by atoms with E-state index in [9.17, 15) is 4.79 Å². The van der Waals surface area contributed by atoms with Crippen molar-refractivity contribution in [3.63, 3.8) is 0 Å². The van der Waals surface area contributed by atoms with Gasteiger partial charge in [-0.1, -0.05) is 0 Å². The molecule has 2 heterocycles. The molecule has 0 radical (unpaired) electrons. The summed E-state index contributed by atoms with van der Waals surface area (Å²) in [6.07, 6.45) is -0.0404. The molecule has 7 heteroatoms. The minimum absolute atomic E-state index is 0.0404. The predicted molar refractivity (Wildman–Crippen MR) is 70.8 cm³/mol. The summed E-state index contributed by atoms with van der Waals surface area (Å²) in [5.74, 6) is 0.112. The lowest BCUT2D eigenvalue weighted by Gasteiger charge is -2.42. The van der Waals surface area contributed by atoms with Gasteiger partial charge in [-0.05, 0) is 26.0 Å². The summed E-state index contributed by atoms with van der Waals surface area (Å²) < 4.78 is 5.85. The molecular weight excluding hydrogens is 246 g/mol. The standard InChI is InChI=1S/C12H19N5O2/c1-12(2)7-17(6-8(5-13)19-12)10-4-3-9(11(14)18)15-16-10/h3-4,8H,5-7,13H2,1-2H3,(H2,14,18). The van der Waals surface area contributed by atoms with Gasteiger partial charge in [0.2, 0.25) is 0 Å². The van der Waals surface area contributed by atoms with Crippen molar-refractivity contribution in [2.45, 2.75) is 25.6 Å². The smallest absolute Gasteiger partial charge is 0.269 e. The summed E-state index contributed by atoms with van der Waals surface area (Å²) in [5, 5.41) is 7.85. The molecule has 1 aromatic heterocycles. The van der Waals surface area contributed by atoms with Crippen LogP contribution in [0.4, 0.5) is 5.82 Å². The first-order chi connectivity index (χ1) is 8.91. The Bertz CT molecular complexity index is 460. The number of aromatic nitrogens is 2. The molecule has 104 valence electrons. The van der Waals surface area contributed by atoms with Crippen molar-refractivity contribution in [2.75, 3.05) is 24.5 Å². The van der Waals surface area contributed by atoms with Gasteiger partial charge in [-0.25, -0.2) is 0 Å². The maximum Gasteiger partial charge on any atom is 0.269 e. The second-order valence-electron chi connectivity index (χ2n) is 5.26. The summed E-state index contributed by atoms with van der Waals surface area (Å²) in [5.41, 5.74) is 10.7. The molecule has 1 atom stereocenters. The molecule has 0 saturated carbocycles. The molecule has 19 heavy (non-hydrogen) atoms. The van der Waals surface area contributed by atoms with Crippen molar-refractivity contribution in [3.8, 4) is 0 Å². The van der Waals surface area contributed by atoms with Crippen LogP contribution in [0.1, 0.15) is 24.3 Å². The number of amides is 1. The highest BCUT2D eigenvalue weighted by molar-refractivity contribution is 5.90. The Morgan fingerprint density at radius 1 is 1.53 bits per heavy atom. The third-order valence-electron chi connectivity index (χ3n) is 2.97. The van der Waals surface area contributed by atoms with Crippen LogP contribution in [-0.4, -0.2) is 47.4 Å². The van der Waals surface area contributed by atoms with Crippen LogP contribution in [0.3, 0.4) is 0 Å². The second-order valence-corrected chi connectivity index (χ2v) is 5.26. The fourth-order valence-electron chi connectivity index (χ4n) is 2.22. The quantitative estimate of drug-likeness (QED) is 0.764. The zero-order valence-corrected chi connectivity index (χ0v) is 11.2. The molecule has 1 saturated heterocycles. The van der Waals surface area contributed by atoms with Crippen LogP contribution in [0.15, 0.2) is 12.1 Å². The highest BCUT2D eigenvalue weighted by Gasteiger charge is 2.33. The zero-order valence-electron chi connectivity index (χ0n) is 11.2. The van der Waals surface area contributed by atoms with E-state index in [1.165, 1.54) is 0 Å². The molecule has 1 aliphatic rings. The minimum Gasteiger partial charge on any atom is -0.367 e. The first kappa shape index (κ1) is 13.7. The fourth-order valence-corrected chi connectivity index (χ4v) is 2.22. The van der Waals surface area contributed by atoms with Crippen LogP contribution in [0.2, 0.25) is 0 Å². The Hall–Kier alpha value is -1.73. The van der Waals surface area contributed by atoms with Crippen LogP contribution in [0, 0.1) is 0 Å². The third kappa shape index (κ3) is 3.18. The van der Waals surface area contributed by atoms with E-state index < -0.39 is 5.91 Å². The number of anilines is 1. The summed E-state index contributed by atoms with van der Waals surface area (Å²) in [4.78, 5) is 13.0. The molecule has 1 aromatic rings. The van der Waals surface area contributed by atoms with Gasteiger partial charge in [0.25, 0.3) is 5.91 Å². The Kier molecular flexibility index (Phi) is 3.68. The highest BCUT2D eigenvalue weighted by atomic mass is 16.5. The average Bonchev–Trinajstić information content (AvgIpc) is 2.37. The summed E-state index contributed by atoms with van der Waals surface area (Å²) in [6, 6.07) is 3.31. The van der Waals surface area contributed by atoms with Crippen molar-refractivity contribution in [1.82, 2.24) is 10.2 Å². The fraction of sp³-hybridized carbons (Fsp3) is 0.583. The lowest BCUT2D eigenvalue weighted by molar-refractivity contribution is -0.0790.